The molecule has 0 amide bonds. The standard InChI is InChI=1S/C22H27N7O2/c1-21(2,3)17-13(12-23)20(29(27-17)14-10-8-9-11-15(14)30-7)26-25-16-18(22(4,5)6)28-31-19(16)24/h8-11H,24H2,1-7H3/b26-25+. The van der Waals surface area contributed by atoms with E-state index in [4.69, 9.17) is 20.1 Å². The summed E-state index contributed by atoms with van der Waals surface area (Å²) in [6.45, 7) is 11.9. The van der Waals surface area contributed by atoms with E-state index in [0.717, 1.165) is 0 Å². The predicted octanol–water partition coefficient (Wildman–Crippen LogP) is 5.33. The number of benzene rings is 1. The van der Waals surface area contributed by atoms with Crippen molar-refractivity contribution in [2.45, 2.75) is 52.4 Å². The minimum atomic E-state index is -0.393. The van der Waals surface area contributed by atoms with Gasteiger partial charge in [-0.1, -0.05) is 58.8 Å². The average molecular weight is 422 g/mol. The van der Waals surface area contributed by atoms with Crippen LogP contribution in [0.5, 0.6) is 5.75 Å². The van der Waals surface area contributed by atoms with E-state index in [-0.39, 0.29) is 17.1 Å². The van der Waals surface area contributed by atoms with Crippen molar-refractivity contribution in [2.75, 3.05) is 12.8 Å². The van der Waals surface area contributed by atoms with Crippen molar-refractivity contribution < 1.29 is 9.26 Å². The molecule has 0 aliphatic heterocycles. The van der Waals surface area contributed by atoms with Gasteiger partial charge in [-0.15, -0.1) is 10.2 Å². The fourth-order valence-electron chi connectivity index (χ4n) is 3.09. The minimum Gasteiger partial charge on any atom is -0.494 e. The third-order valence-corrected chi connectivity index (χ3v) is 4.64. The van der Waals surface area contributed by atoms with Gasteiger partial charge in [-0.25, -0.2) is 4.68 Å². The van der Waals surface area contributed by atoms with Gasteiger partial charge in [0.25, 0.3) is 0 Å². The van der Waals surface area contributed by atoms with E-state index in [1.54, 1.807) is 11.8 Å². The van der Waals surface area contributed by atoms with Crippen molar-refractivity contribution in [3.63, 3.8) is 0 Å². The number of azo groups is 1. The molecule has 3 rings (SSSR count). The van der Waals surface area contributed by atoms with E-state index in [2.05, 4.69) is 21.5 Å². The number of hydrogen-bond acceptors (Lipinski definition) is 8. The Bertz CT molecular complexity index is 1170. The van der Waals surface area contributed by atoms with Crippen molar-refractivity contribution >= 4 is 17.4 Å². The second-order valence-electron chi connectivity index (χ2n) is 9.19. The molecular formula is C22H27N7O2. The van der Waals surface area contributed by atoms with Crippen LogP contribution in [-0.4, -0.2) is 22.0 Å². The Morgan fingerprint density at radius 1 is 1.06 bits per heavy atom. The molecule has 162 valence electrons. The van der Waals surface area contributed by atoms with E-state index in [1.165, 1.54) is 0 Å². The molecule has 9 nitrogen and oxygen atoms in total. The lowest BCUT2D eigenvalue weighted by Gasteiger charge is -2.15. The van der Waals surface area contributed by atoms with Crippen LogP contribution in [0.1, 0.15) is 58.5 Å². The van der Waals surface area contributed by atoms with E-state index >= 15 is 0 Å². The highest BCUT2D eigenvalue weighted by atomic mass is 16.5. The molecule has 0 saturated carbocycles. The van der Waals surface area contributed by atoms with Crippen LogP contribution in [-0.2, 0) is 10.8 Å². The van der Waals surface area contributed by atoms with Crippen LogP contribution in [0.25, 0.3) is 5.69 Å². The number of nitrogens with two attached hydrogens (primary N) is 1. The highest BCUT2D eigenvalue weighted by Gasteiger charge is 2.30. The molecule has 0 saturated heterocycles. The highest BCUT2D eigenvalue weighted by molar-refractivity contribution is 5.62. The second kappa shape index (κ2) is 7.87. The van der Waals surface area contributed by atoms with Crippen molar-refractivity contribution in [1.29, 1.82) is 5.26 Å². The van der Waals surface area contributed by atoms with Gasteiger partial charge in [0.1, 0.15) is 28.8 Å². The summed E-state index contributed by atoms with van der Waals surface area (Å²) in [6, 6.07) is 9.61. The first-order valence-corrected chi connectivity index (χ1v) is 9.83. The zero-order valence-electron chi connectivity index (χ0n) is 18.9. The lowest BCUT2D eigenvalue weighted by molar-refractivity contribution is 0.405. The van der Waals surface area contributed by atoms with Gasteiger partial charge in [0.15, 0.2) is 11.5 Å². The predicted molar refractivity (Wildman–Crippen MR) is 117 cm³/mol. The van der Waals surface area contributed by atoms with Crippen LogP contribution in [0.4, 0.5) is 17.4 Å². The summed E-state index contributed by atoms with van der Waals surface area (Å²) in [5, 5.41) is 27.4. The van der Waals surface area contributed by atoms with Crippen molar-refractivity contribution in [3.8, 4) is 17.5 Å². The summed E-state index contributed by atoms with van der Waals surface area (Å²) in [5.41, 5.74) is 7.68. The number of nitrogens with zero attached hydrogens (tertiary/aromatic N) is 6. The van der Waals surface area contributed by atoms with Crippen molar-refractivity contribution in [1.82, 2.24) is 14.9 Å². The molecule has 2 heterocycles. The van der Waals surface area contributed by atoms with E-state index in [9.17, 15) is 5.26 Å². The third-order valence-electron chi connectivity index (χ3n) is 4.64. The molecule has 0 fully saturated rings. The molecule has 0 radical (unpaired) electrons. The number of nitrogen functional groups attached to an aromatic ring is 1. The number of nitriles is 1. The molecule has 2 aromatic heterocycles. The largest absolute Gasteiger partial charge is 0.494 e. The van der Waals surface area contributed by atoms with Gasteiger partial charge in [-0.05, 0) is 12.1 Å². The van der Waals surface area contributed by atoms with Crippen LogP contribution in [0, 0.1) is 11.3 Å². The number of rotatable bonds is 4. The topological polar surface area (TPSA) is 128 Å². The van der Waals surface area contributed by atoms with Crippen LogP contribution in [0.15, 0.2) is 39.0 Å². The molecule has 0 unspecified atom stereocenters. The molecule has 31 heavy (non-hydrogen) atoms. The van der Waals surface area contributed by atoms with Gasteiger partial charge >= 0.3 is 0 Å². The molecule has 0 aliphatic carbocycles. The van der Waals surface area contributed by atoms with Crippen molar-refractivity contribution in [2.24, 2.45) is 10.2 Å². The summed E-state index contributed by atoms with van der Waals surface area (Å²) in [6.07, 6.45) is 0. The monoisotopic (exact) mass is 421 g/mol. The molecule has 0 aliphatic rings. The Kier molecular flexibility index (Phi) is 5.59. The van der Waals surface area contributed by atoms with Crippen LogP contribution < -0.4 is 10.5 Å². The van der Waals surface area contributed by atoms with Crippen LogP contribution in [0.3, 0.4) is 0 Å². The summed E-state index contributed by atoms with van der Waals surface area (Å²) in [4.78, 5) is 0. The zero-order chi connectivity index (χ0) is 23.0. The highest BCUT2D eigenvalue weighted by Crippen LogP contribution is 2.39. The fourth-order valence-corrected chi connectivity index (χ4v) is 3.09. The van der Waals surface area contributed by atoms with Crippen LogP contribution >= 0.6 is 0 Å². The van der Waals surface area contributed by atoms with Gasteiger partial charge in [0, 0.05) is 10.8 Å². The molecule has 0 atom stereocenters. The number of hydrogen-bond donors (Lipinski definition) is 1. The lowest BCUT2D eigenvalue weighted by atomic mass is 9.90. The maximum Gasteiger partial charge on any atom is 0.250 e. The number of para-hydroxylation sites is 2. The third kappa shape index (κ3) is 4.14. The minimum absolute atomic E-state index is 0.0617. The van der Waals surface area contributed by atoms with Gasteiger partial charge < -0.3 is 15.0 Å². The maximum absolute atomic E-state index is 9.95. The molecule has 1 aromatic carbocycles. The second-order valence-corrected chi connectivity index (χ2v) is 9.19. The lowest BCUT2D eigenvalue weighted by Crippen LogP contribution is -2.14. The van der Waals surface area contributed by atoms with E-state index < -0.39 is 5.41 Å². The van der Waals surface area contributed by atoms with Gasteiger partial charge in [-0.2, -0.15) is 10.4 Å². The Balaban J connectivity index is 2.28. The fraction of sp³-hybridized carbons (Fsp3) is 0.409. The first kappa shape index (κ1) is 22.0. The molecule has 2 N–H and O–H groups in total. The Labute approximate surface area is 181 Å². The molecule has 0 bridgehead atoms. The number of methoxy groups -OCH3 is 1. The Hall–Kier alpha value is -3.67. The molecule has 0 spiro atoms. The molecular weight excluding hydrogens is 394 g/mol. The summed E-state index contributed by atoms with van der Waals surface area (Å²) >= 11 is 0. The maximum atomic E-state index is 9.95. The summed E-state index contributed by atoms with van der Waals surface area (Å²) < 4.78 is 12.2. The normalized spacial score (nSPS) is 12.3. The SMILES string of the molecule is COc1ccccc1-n1nc(C(C)(C)C)c(C#N)c1/N=N/c1c(C(C)(C)C)noc1N. The number of aromatic nitrogens is 3. The molecule has 9 heteroatoms. The zero-order valence-corrected chi connectivity index (χ0v) is 18.9. The quantitative estimate of drug-likeness (QED) is 0.567. The molecule has 3 aromatic rings. The summed E-state index contributed by atoms with van der Waals surface area (Å²) in [5.74, 6) is 0.926. The van der Waals surface area contributed by atoms with E-state index in [1.807, 2.05) is 65.8 Å². The smallest absolute Gasteiger partial charge is 0.250 e. The van der Waals surface area contributed by atoms with Crippen molar-refractivity contribution in [3.05, 3.63) is 41.2 Å². The number of anilines is 1. The first-order chi connectivity index (χ1) is 14.5. The number of ether oxygens (including phenoxy) is 1. The first-order valence-electron chi connectivity index (χ1n) is 9.83. The average Bonchev–Trinajstić information content (AvgIpc) is 3.26. The van der Waals surface area contributed by atoms with Gasteiger partial charge in [-0.3, -0.25) is 0 Å². The van der Waals surface area contributed by atoms with Gasteiger partial charge in [0.2, 0.25) is 5.88 Å². The van der Waals surface area contributed by atoms with E-state index in [0.29, 0.717) is 34.1 Å². The Morgan fingerprint density at radius 3 is 2.29 bits per heavy atom. The van der Waals surface area contributed by atoms with Crippen LogP contribution in [0.2, 0.25) is 0 Å². The Morgan fingerprint density at radius 2 is 1.71 bits per heavy atom. The summed E-state index contributed by atoms with van der Waals surface area (Å²) in [7, 11) is 1.58. The van der Waals surface area contributed by atoms with Gasteiger partial charge in [0.05, 0.1) is 12.8 Å².